The molecule has 112 valence electrons. The molecule has 2 aromatic heterocycles. The average Bonchev–Trinajstić information content (AvgIpc) is 3.19. The minimum absolute atomic E-state index is 0.0424. The zero-order valence-electron chi connectivity index (χ0n) is 11.8. The van der Waals surface area contributed by atoms with Crippen LogP contribution in [0.25, 0.3) is 10.7 Å². The van der Waals surface area contributed by atoms with Crippen LogP contribution in [-0.4, -0.2) is 47.8 Å². The lowest BCUT2D eigenvalue weighted by atomic mass is 9.97. The van der Waals surface area contributed by atoms with Crippen LogP contribution < -0.4 is 0 Å². The second kappa shape index (κ2) is 6.36. The Hall–Kier alpha value is -1.73. The van der Waals surface area contributed by atoms with Crippen LogP contribution in [0.2, 0.25) is 0 Å². The fraction of sp³-hybridized carbons (Fsp3) is 0.500. The van der Waals surface area contributed by atoms with Crippen molar-refractivity contribution in [3.05, 3.63) is 23.4 Å². The zero-order valence-corrected chi connectivity index (χ0v) is 12.6. The van der Waals surface area contributed by atoms with Crippen LogP contribution >= 0.6 is 11.3 Å². The van der Waals surface area contributed by atoms with Crippen LogP contribution in [0.5, 0.6) is 0 Å². The van der Waals surface area contributed by atoms with E-state index in [-0.39, 0.29) is 18.4 Å². The van der Waals surface area contributed by atoms with E-state index in [1.165, 1.54) is 7.11 Å². The highest BCUT2D eigenvalue weighted by molar-refractivity contribution is 7.13. The topological polar surface area (TPSA) is 68.5 Å². The first-order valence-electron chi connectivity index (χ1n) is 6.92. The van der Waals surface area contributed by atoms with Crippen molar-refractivity contribution in [3.8, 4) is 10.7 Å². The molecule has 0 saturated carbocycles. The number of nitrogens with zero attached hydrogens (tertiary/aromatic N) is 3. The van der Waals surface area contributed by atoms with E-state index in [4.69, 9.17) is 9.26 Å². The van der Waals surface area contributed by atoms with Crippen molar-refractivity contribution in [2.45, 2.75) is 18.8 Å². The van der Waals surface area contributed by atoms with E-state index in [1.54, 1.807) is 11.3 Å². The fourth-order valence-electron chi connectivity index (χ4n) is 2.50. The van der Waals surface area contributed by atoms with Gasteiger partial charge < -0.3 is 14.2 Å². The van der Waals surface area contributed by atoms with Crippen LogP contribution in [0, 0.1) is 0 Å². The number of carbonyl (C=O) groups is 1. The van der Waals surface area contributed by atoms with Gasteiger partial charge in [0.1, 0.15) is 6.61 Å². The number of amides is 1. The molecule has 1 aliphatic heterocycles. The lowest BCUT2D eigenvalue weighted by molar-refractivity contribution is -0.136. The molecule has 0 radical (unpaired) electrons. The Kier molecular flexibility index (Phi) is 4.31. The predicted molar refractivity (Wildman–Crippen MR) is 78.0 cm³/mol. The molecular formula is C14H17N3O3S. The maximum atomic E-state index is 11.8. The van der Waals surface area contributed by atoms with Crippen LogP contribution in [0.15, 0.2) is 22.0 Å². The first kappa shape index (κ1) is 14.2. The van der Waals surface area contributed by atoms with Crippen molar-refractivity contribution in [1.82, 2.24) is 15.0 Å². The quantitative estimate of drug-likeness (QED) is 0.865. The Morgan fingerprint density at radius 2 is 2.33 bits per heavy atom. The molecule has 7 heteroatoms. The molecule has 1 fully saturated rings. The second-order valence-electron chi connectivity index (χ2n) is 5.02. The summed E-state index contributed by atoms with van der Waals surface area (Å²) in [5.41, 5.74) is 0. The second-order valence-corrected chi connectivity index (χ2v) is 5.97. The normalized spacial score (nSPS) is 16.3. The third-order valence-corrected chi connectivity index (χ3v) is 4.51. The minimum atomic E-state index is 0.0424. The fourth-order valence-corrected chi connectivity index (χ4v) is 3.15. The molecule has 1 saturated heterocycles. The molecule has 1 aliphatic rings. The summed E-state index contributed by atoms with van der Waals surface area (Å²) in [4.78, 5) is 19.1. The molecule has 6 nitrogen and oxygen atoms in total. The highest BCUT2D eigenvalue weighted by Crippen LogP contribution is 2.29. The Labute approximate surface area is 126 Å². The first-order chi connectivity index (χ1) is 10.3. The molecule has 3 rings (SSSR count). The Morgan fingerprint density at radius 3 is 3.00 bits per heavy atom. The first-order valence-corrected chi connectivity index (χ1v) is 7.80. The van der Waals surface area contributed by atoms with Gasteiger partial charge in [-0.05, 0) is 24.3 Å². The molecule has 21 heavy (non-hydrogen) atoms. The Balaban J connectivity index is 1.61. The minimum Gasteiger partial charge on any atom is -0.375 e. The van der Waals surface area contributed by atoms with Gasteiger partial charge in [0.05, 0.1) is 4.88 Å². The van der Waals surface area contributed by atoms with Crippen molar-refractivity contribution in [2.75, 3.05) is 26.8 Å². The highest BCUT2D eigenvalue weighted by atomic mass is 32.1. The number of ether oxygens (including phenoxy) is 1. The number of thiophene rings is 1. The summed E-state index contributed by atoms with van der Waals surface area (Å²) < 4.78 is 10.3. The highest BCUT2D eigenvalue weighted by Gasteiger charge is 2.27. The van der Waals surface area contributed by atoms with Crippen molar-refractivity contribution in [3.63, 3.8) is 0 Å². The summed E-state index contributed by atoms with van der Waals surface area (Å²) in [5, 5.41) is 6.03. The molecule has 0 aromatic carbocycles. The summed E-state index contributed by atoms with van der Waals surface area (Å²) in [6.45, 7) is 1.57. The van der Waals surface area contributed by atoms with Gasteiger partial charge in [-0.3, -0.25) is 4.79 Å². The van der Waals surface area contributed by atoms with Gasteiger partial charge in [-0.2, -0.15) is 4.98 Å². The molecule has 1 amide bonds. The molecule has 0 atom stereocenters. The Bertz CT molecular complexity index is 588. The molecule has 0 N–H and O–H groups in total. The number of carbonyl (C=O) groups excluding carboxylic acids is 1. The van der Waals surface area contributed by atoms with Crippen LogP contribution in [0.4, 0.5) is 0 Å². The molecule has 3 heterocycles. The Morgan fingerprint density at radius 1 is 1.52 bits per heavy atom. The van der Waals surface area contributed by atoms with Crippen molar-refractivity contribution >= 4 is 17.2 Å². The van der Waals surface area contributed by atoms with Gasteiger partial charge in [0.25, 0.3) is 0 Å². The number of likely N-dealkylation sites (tertiary alicyclic amines) is 1. The van der Waals surface area contributed by atoms with E-state index >= 15 is 0 Å². The SMILES string of the molecule is COCC(=O)N1CCC(c2nc(-c3cccs3)no2)CC1. The van der Waals surface area contributed by atoms with Crippen LogP contribution in [-0.2, 0) is 9.53 Å². The third-order valence-electron chi connectivity index (χ3n) is 3.65. The van der Waals surface area contributed by atoms with Gasteiger partial charge in [0.15, 0.2) is 0 Å². The number of rotatable bonds is 4. The van der Waals surface area contributed by atoms with Gasteiger partial charge in [-0.15, -0.1) is 11.3 Å². The van der Waals surface area contributed by atoms with Crippen molar-refractivity contribution in [1.29, 1.82) is 0 Å². The number of piperidine rings is 1. The largest absolute Gasteiger partial charge is 0.375 e. The standard InChI is InChI=1S/C14H17N3O3S/c1-19-9-12(18)17-6-4-10(5-7-17)14-15-13(16-20-14)11-3-2-8-21-11/h2-3,8,10H,4-7,9H2,1H3. The van der Waals surface area contributed by atoms with E-state index in [1.807, 2.05) is 22.4 Å². The van der Waals surface area contributed by atoms with Crippen LogP contribution in [0.3, 0.4) is 0 Å². The van der Waals surface area contributed by atoms with Crippen LogP contribution in [0.1, 0.15) is 24.7 Å². The molecule has 0 unspecified atom stereocenters. The number of hydrogen-bond donors (Lipinski definition) is 0. The van der Waals surface area contributed by atoms with Crippen molar-refractivity contribution < 1.29 is 14.1 Å². The van der Waals surface area contributed by atoms with E-state index in [9.17, 15) is 4.79 Å². The van der Waals surface area contributed by atoms with E-state index in [0.717, 1.165) is 17.7 Å². The molecule has 0 spiro atoms. The summed E-state index contributed by atoms with van der Waals surface area (Å²) in [5.74, 6) is 1.61. The summed E-state index contributed by atoms with van der Waals surface area (Å²) in [6.07, 6.45) is 1.70. The summed E-state index contributed by atoms with van der Waals surface area (Å²) in [7, 11) is 1.54. The molecule has 0 bridgehead atoms. The van der Waals surface area contributed by atoms with Gasteiger partial charge in [0, 0.05) is 26.1 Å². The van der Waals surface area contributed by atoms with E-state index < -0.39 is 0 Å². The molecule has 2 aromatic rings. The number of methoxy groups -OCH3 is 1. The predicted octanol–water partition coefficient (Wildman–Crippen LogP) is 2.15. The number of hydrogen-bond acceptors (Lipinski definition) is 6. The smallest absolute Gasteiger partial charge is 0.248 e. The maximum Gasteiger partial charge on any atom is 0.248 e. The maximum absolute atomic E-state index is 11.8. The van der Waals surface area contributed by atoms with Gasteiger partial charge >= 0.3 is 0 Å². The van der Waals surface area contributed by atoms with Crippen molar-refractivity contribution in [2.24, 2.45) is 0 Å². The summed E-state index contributed by atoms with van der Waals surface area (Å²) >= 11 is 1.59. The van der Waals surface area contributed by atoms with Gasteiger partial charge in [-0.1, -0.05) is 11.2 Å². The lowest BCUT2D eigenvalue weighted by Crippen LogP contribution is -2.39. The zero-order chi connectivity index (χ0) is 14.7. The van der Waals surface area contributed by atoms with E-state index in [2.05, 4.69) is 10.1 Å². The molecular weight excluding hydrogens is 290 g/mol. The molecule has 0 aliphatic carbocycles. The lowest BCUT2D eigenvalue weighted by Gasteiger charge is -2.30. The van der Waals surface area contributed by atoms with Gasteiger partial charge in [0.2, 0.25) is 17.6 Å². The van der Waals surface area contributed by atoms with Gasteiger partial charge in [-0.25, -0.2) is 0 Å². The third kappa shape index (κ3) is 3.14. The van der Waals surface area contributed by atoms with E-state index in [0.29, 0.717) is 24.8 Å². The average molecular weight is 307 g/mol. The monoisotopic (exact) mass is 307 g/mol. The number of aromatic nitrogens is 2. The summed E-state index contributed by atoms with van der Waals surface area (Å²) in [6, 6.07) is 3.95.